The first-order valence-electron chi connectivity index (χ1n) is 10.1. The fourth-order valence-corrected chi connectivity index (χ4v) is 3.45. The van der Waals surface area contributed by atoms with E-state index in [0.29, 0.717) is 42.2 Å². The van der Waals surface area contributed by atoms with Crippen LogP contribution in [-0.2, 0) is 22.5 Å². The van der Waals surface area contributed by atoms with Crippen molar-refractivity contribution in [2.45, 2.75) is 19.4 Å². The number of rotatable bonds is 10. The van der Waals surface area contributed by atoms with Crippen LogP contribution in [0.1, 0.15) is 22.6 Å². The summed E-state index contributed by atoms with van der Waals surface area (Å²) in [4.78, 5) is 29.1. The van der Waals surface area contributed by atoms with Crippen molar-refractivity contribution in [3.05, 3.63) is 47.8 Å². The summed E-state index contributed by atoms with van der Waals surface area (Å²) in [6.07, 6.45) is 1.22. The molecule has 0 saturated carbocycles. The lowest BCUT2D eigenvalue weighted by molar-refractivity contribution is -0.141. The molecule has 0 aliphatic rings. The minimum atomic E-state index is -0.342. The number of ether oxygens (including phenoxy) is 4. The van der Waals surface area contributed by atoms with E-state index in [0.717, 1.165) is 16.9 Å². The highest BCUT2D eigenvalue weighted by molar-refractivity contribution is 5.95. The fourth-order valence-electron chi connectivity index (χ4n) is 3.45. The van der Waals surface area contributed by atoms with Gasteiger partial charge >= 0.3 is 5.97 Å². The Kier molecular flexibility index (Phi) is 7.54. The lowest BCUT2D eigenvalue weighted by Gasteiger charge is -2.14. The van der Waals surface area contributed by atoms with Crippen molar-refractivity contribution < 1.29 is 28.5 Å². The lowest BCUT2D eigenvalue weighted by Crippen LogP contribution is -2.25. The molecule has 0 aliphatic carbocycles. The number of aryl methyl sites for hydroxylation is 1. The van der Waals surface area contributed by atoms with Crippen LogP contribution in [0.5, 0.6) is 17.2 Å². The van der Waals surface area contributed by atoms with Gasteiger partial charge in [-0.05, 0) is 30.7 Å². The molecule has 0 atom stereocenters. The Labute approximate surface area is 186 Å². The Hall–Kier alpha value is -3.75. The van der Waals surface area contributed by atoms with Crippen molar-refractivity contribution in [3.8, 4) is 17.2 Å². The number of aromatic nitrogens is 2. The second kappa shape index (κ2) is 10.5. The van der Waals surface area contributed by atoms with E-state index >= 15 is 0 Å². The van der Waals surface area contributed by atoms with Crippen LogP contribution >= 0.6 is 0 Å². The van der Waals surface area contributed by atoms with Gasteiger partial charge in [0, 0.05) is 18.5 Å². The normalized spacial score (nSPS) is 10.6. The van der Waals surface area contributed by atoms with E-state index in [4.69, 9.17) is 18.9 Å². The summed E-state index contributed by atoms with van der Waals surface area (Å²) >= 11 is 0. The van der Waals surface area contributed by atoms with Gasteiger partial charge in [0.2, 0.25) is 5.75 Å². The largest absolute Gasteiger partial charge is 0.493 e. The monoisotopic (exact) mass is 441 g/mol. The zero-order chi connectivity index (χ0) is 23.1. The SMILES string of the molecule is COC(=O)Cn1c(CCCNC(=O)c2cc(OC)c(OC)c(OC)c2)nc2ccccc21. The molecule has 1 amide bonds. The first kappa shape index (κ1) is 22.9. The Morgan fingerprint density at radius 1 is 1.00 bits per heavy atom. The number of imidazole rings is 1. The Morgan fingerprint density at radius 3 is 2.31 bits per heavy atom. The summed E-state index contributed by atoms with van der Waals surface area (Å²) in [5.41, 5.74) is 2.08. The molecule has 0 aliphatic heterocycles. The van der Waals surface area contributed by atoms with Crippen molar-refractivity contribution in [1.82, 2.24) is 14.9 Å². The summed E-state index contributed by atoms with van der Waals surface area (Å²) in [6, 6.07) is 10.8. The fraction of sp³-hybridized carbons (Fsp3) is 0.348. The number of amides is 1. The molecule has 32 heavy (non-hydrogen) atoms. The highest BCUT2D eigenvalue weighted by atomic mass is 16.5. The molecule has 0 radical (unpaired) electrons. The van der Waals surface area contributed by atoms with Crippen molar-refractivity contribution >= 4 is 22.9 Å². The van der Waals surface area contributed by atoms with Crippen molar-refractivity contribution in [2.75, 3.05) is 35.0 Å². The van der Waals surface area contributed by atoms with E-state index in [1.54, 1.807) is 12.1 Å². The first-order valence-corrected chi connectivity index (χ1v) is 10.1. The van der Waals surface area contributed by atoms with Crippen molar-refractivity contribution in [3.63, 3.8) is 0 Å². The predicted molar refractivity (Wildman–Crippen MR) is 119 cm³/mol. The lowest BCUT2D eigenvalue weighted by atomic mass is 10.1. The van der Waals surface area contributed by atoms with Gasteiger partial charge in [0.25, 0.3) is 5.91 Å². The third kappa shape index (κ3) is 4.93. The molecule has 1 N–H and O–H groups in total. The zero-order valence-corrected chi connectivity index (χ0v) is 18.6. The number of methoxy groups -OCH3 is 4. The molecule has 9 nitrogen and oxygen atoms in total. The number of hydrogen-bond donors (Lipinski definition) is 1. The second-order valence-corrected chi connectivity index (χ2v) is 6.95. The molecule has 0 unspecified atom stereocenters. The Bertz CT molecular complexity index is 1080. The van der Waals surface area contributed by atoms with Crippen molar-refractivity contribution in [1.29, 1.82) is 0 Å². The number of nitrogens with zero attached hydrogens (tertiary/aromatic N) is 2. The summed E-state index contributed by atoms with van der Waals surface area (Å²) in [6.45, 7) is 0.515. The summed E-state index contributed by atoms with van der Waals surface area (Å²) in [5, 5.41) is 2.89. The molecule has 1 heterocycles. The van der Waals surface area contributed by atoms with Gasteiger partial charge in [-0.1, -0.05) is 12.1 Å². The van der Waals surface area contributed by atoms with Gasteiger partial charge in [-0.15, -0.1) is 0 Å². The maximum Gasteiger partial charge on any atom is 0.325 e. The van der Waals surface area contributed by atoms with E-state index < -0.39 is 0 Å². The number of carbonyl (C=O) groups is 2. The van der Waals surface area contributed by atoms with Crippen LogP contribution in [0.2, 0.25) is 0 Å². The number of benzene rings is 2. The van der Waals surface area contributed by atoms with Crippen molar-refractivity contribution in [2.24, 2.45) is 0 Å². The maximum absolute atomic E-state index is 12.6. The van der Waals surface area contributed by atoms with Crippen LogP contribution in [0, 0.1) is 0 Å². The summed E-state index contributed by atoms with van der Waals surface area (Å²) in [5.74, 6) is 1.41. The quantitative estimate of drug-likeness (QED) is 0.381. The van der Waals surface area contributed by atoms with E-state index in [9.17, 15) is 9.59 Å². The number of para-hydroxylation sites is 2. The van der Waals surface area contributed by atoms with E-state index in [2.05, 4.69) is 10.3 Å². The van der Waals surface area contributed by atoms with Gasteiger partial charge in [0.15, 0.2) is 11.5 Å². The molecule has 9 heteroatoms. The molecule has 0 bridgehead atoms. The summed E-state index contributed by atoms with van der Waals surface area (Å²) < 4.78 is 22.6. The smallest absolute Gasteiger partial charge is 0.325 e. The van der Waals surface area contributed by atoms with Crippen LogP contribution < -0.4 is 19.5 Å². The number of hydrogen-bond acceptors (Lipinski definition) is 7. The molecule has 1 aromatic heterocycles. The van der Waals surface area contributed by atoms with Gasteiger partial charge in [0.1, 0.15) is 12.4 Å². The topological polar surface area (TPSA) is 101 Å². The van der Waals surface area contributed by atoms with Gasteiger partial charge in [-0.3, -0.25) is 9.59 Å². The van der Waals surface area contributed by atoms with Crippen LogP contribution in [0.15, 0.2) is 36.4 Å². The van der Waals surface area contributed by atoms with E-state index in [1.807, 2.05) is 28.8 Å². The second-order valence-electron chi connectivity index (χ2n) is 6.95. The van der Waals surface area contributed by atoms with Crippen LogP contribution in [0.4, 0.5) is 0 Å². The highest BCUT2D eigenvalue weighted by Crippen LogP contribution is 2.38. The maximum atomic E-state index is 12.6. The third-order valence-corrected chi connectivity index (χ3v) is 5.04. The molecule has 0 saturated heterocycles. The average Bonchev–Trinajstić information content (AvgIpc) is 3.17. The Balaban J connectivity index is 1.67. The minimum absolute atomic E-state index is 0.0874. The van der Waals surface area contributed by atoms with Crippen LogP contribution in [0.25, 0.3) is 11.0 Å². The number of nitrogens with one attached hydrogen (secondary N) is 1. The third-order valence-electron chi connectivity index (χ3n) is 5.04. The standard InChI is InChI=1S/C23H27N3O6/c1-29-18-12-15(13-19(30-2)22(18)32-4)23(28)24-11-7-10-20-25-16-8-5-6-9-17(16)26(20)14-21(27)31-3/h5-6,8-9,12-13H,7,10-11,14H2,1-4H3,(H,24,28). The van der Waals surface area contributed by atoms with Crippen LogP contribution in [0.3, 0.4) is 0 Å². The van der Waals surface area contributed by atoms with Gasteiger partial charge in [0.05, 0.1) is 39.5 Å². The molecule has 3 aromatic rings. The number of fused-ring (bicyclic) bond motifs is 1. The number of esters is 1. The van der Waals surface area contributed by atoms with Gasteiger partial charge in [-0.2, -0.15) is 0 Å². The molecular weight excluding hydrogens is 414 g/mol. The Morgan fingerprint density at radius 2 is 1.69 bits per heavy atom. The molecule has 0 spiro atoms. The average molecular weight is 441 g/mol. The van der Waals surface area contributed by atoms with Crippen LogP contribution in [-0.4, -0.2) is 56.4 Å². The van der Waals surface area contributed by atoms with E-state index in [-0.39, 0.29) is 18.4 Å². The minimum Gasteiger partial charge on any atom is -0.493 e. The molecule has 3 rings (SSSR count). The molecular formula is C23H27N3O6. The molecule has 2 aromatic carbocycles. The highest BCUT2D eigenvalue weighted by Gasteiger charge is 2.17. The molecule has 170 valence electrons. The first-order chi connectivity index (χ1) is 15.5. The summed E-state index contributed by atoms with van der Waals surface area (Å²) in [7, 11) is 5.87. The van der Waals surface area contributed by atoms with Gasteiger partial charge < -0.3 is 28.8 Å². The predicted octanol–water partition coefficient (Wildman–Crippen LogP) is 2.60. The van der Waals surface area contributed by atoms with Gasteiger partial charge in [-0.25, -0.2) is 4.98 Å². The van der Waals surface area contributed by atoms with E-state index in [1.165, 1.54) is 28.4 Å². The molecule has 0 fully saturated rings. The zero-order valence-electron chi connectivity index (χ0n) is 18.6. The number of carbonyl (C=O) groups excluding carboxylic acids is 2.